The van der Waals surface area contributed by atoms with Crippen molar-refractivity contribution in [2.45, 2.75) is 19.9 Å². The highest BCUT2D eigenvalue weighted by Gasteiger charge is 2.25. The molecule has 1 aliphatic heterocycles. The quantitative estimate of drug-likeness (QED) is 0.842. The van der Waals surface area contributed by atoms with E-state index in [1.165, 1.54) is 6.39 Å². The molecule has 1 atom stereocenters. The second-order valence-electron chi connectivity index (χ2n) is 3.87. The van der Waals surface area contributed by atoms with Gasteiger partial charge >= 0.3 is 0 Å². The van der Waals surface area contributed by atoms with Crippen molar-refractivity contribution in [2.24, 2.45) is 0 Å². The van der Waals surface area contributed by atoms with Crippen molar-refractivity contribution in [1.82, 2.24) is 15.2 Å². The van der Waals surface area contributed by atoms with E-state index in [2.05, 4.69) is 17.2 Å². The van der Waals surface area contributed by atoms with Crippen LogP contribution in [-0.2, 0) is 0 Å². The fourth-order valence-electron chi connectivity index (χ4n) is 1.77. The van der Waals surface area contributed by atoms with Gasteiger partial charge in [-0.3, -0.25) is 4.79 Å². The Balaban J connectivity index is 0.00000128. The highest BCUT2D eigenvalue weighted by Crippen LogP contribution is 2.10. The molecule has 17 heavy (non-hydrogen) atoms. The average Bonchev–Trinajstić information content (AvgIpc) is 2.63. The summed E-state index contributed by atoms with van der Waals surface area (Å²) in [5.41, 5.74) is 0.659. The van der Waals surface area contributed by atoms with E-state index in [-0.39, 0.29) is 30.7 Å². The van der Waals surface area contributed by atoms with Crippen molar-refractivity contribution in [3.05, 3.63) is 17.8 Å². The zero-order valence-corrected chi connectivity index (χ0v) is 11.4. The Hall–Kier alpha value is -0.780. The van der Waals surface area contributed by atoms with E-state index in [0.717, 1.165) is 19.6 Å². The Bertz CT molecular complexity index is 370. The van der Waals surface area contributed by atoms with E-state index in [0.29, 0.717) is 17.5 Å². The molecule has 2 heterocycles. The fourth-order valence-corrected chi connectivity index (χ4v) is 1.77. The van der Waals surface area contributed by atoms with E-state index in [9.17, 15) is 4.79 Å². The largest absolute Gasteiger partial charge is 0.438 e. The van der Waals surface area contributed by atoms with Crippen LogP contribution in [0, 0.1) is 6.92 Å². The lowest BCUT2D eigenvalue weighted by molar-refractivity contribution is 0.0676. The SMILES string of the molecule is Cc1ncoc1C(=O)N1CCN[C@@H](C)C1.Cl.Cl. The summed E-state index contributed by atoms with van der Waals surface area (Å²) < 4.78 is 5.09. The lowest BCUT2D eigenvalue weighted by Gasteiger charge is -2.31. The minimum absolute atomic E-state index is 0. The Morgan fingerprint density at radius 3 is 2.82 bits per heavy atom. The van der Waals surface area contributed by atoms with E-state index < -0.39 is 0 Å². The molecule has 1 aromatic heterocycles. The summed E-state index contributed by atoms with van der Waals surface area (Å²) in [7, 11) is 0. The molecule has 98 valence electrons. The molecule has 1 fully saturated rings. The highest BCUT2D eigenvalue weighted by atomic mass is 35.5. The fraction of sp³-hybridized carbons (Fsp3) is 0.600. The van der Waals surface area contributed by atoms with Crippen molar-refractivity contribution in [3.63, 3.8) is 0 Å². The molecule has 0 saturated carbocycles. The molecule has 1 aliphatic rings. The van der Waals surface area contributed by atoms with E-state index in [1.807, 2.05) is 0 Å². The molecule has 0 aliphatic carbocycles. The first-order valence-electron chi connectivity index (χ1n) is 5.11. The molecule has 7 heteroatoms. The highest BCUT2D eigenvalue weighted by molar-refractivity contribution is 5.92. The molecule has 0 aromatic carbocycles. The smallest absolute Gasteiger partial charge is 0.291 e. The lowest BCUT2D eigenvalue weighted by Crippen LogP contribution is -2.51. The molecule has 1 saturated heterocycles. The van der Waals surface area contributed by atoms with E-state index >= 15 is 0 Å². The lowest BCUT2D eigenvalue weighted by atomic mass is 10.2. The van der Waals surface area contributed by atoms with Crippen LogP contribution in [0.3, 0.4) is 0 Å². The van der Waals surface area contributed by atoms with Gasteiger partial charge in [0, 0.05) is 25.7 Å². The zero-order valence-electron chi connectivity index (χ0n) is 9.80. The van der Waals surface area contributed by atoms with Gasteiger partial charge in [0.1, 0.15) is 0 Å². The average molecular weight is 282 g/mol. The third-order valence-electron chi connectivity index (χ3n) is 2.60. The van der Waals surface area contributed by atoms with Gasteiger partial charge in [-0.1, -0.05) is 0 Å². The van der Waals surface area contributed by atoms with Crippen LogP contribution in [0.15, 0.2) is 10.8 Å². The normalized spacial score (nSPS) is 19.2. The number of amides is 1. The third kappa shape index (κ3) is 3.59. The minimum atomic E-state index is -0.0571. The second kappa shape index (κ2) is 6.83. The Labute approximate surface area is 113 Å². The number of oxazole rings is 1. The Morgan fingerprint density at radius 1 is 1.59 bits per heavy atom. The maximum atomic E-state index is 12.0. The molecule has 0 radical (unpaired) electrons. The number of carbonyl (C=O) groups is 1. The number of piperazine rings is 1. The maximum absolute atomic E-state index is 12.0. The maximum Gasteiger partial charge on any atom is 0.291 e. The summed E-state index contributed by atoms with van der Waals surface area (Å²) in [6, 6.07) is 0.339. The van der Waals surface area contributed by atoms with Crippen molar-refractivity contribution in [2.75, 3.05) is 19.6 Å². The van der Waals surface area contributed by atoms with Gasteiger partial charge in [-0.2, -0.15) is 0 Å². The van der Waals surface area contributed by atoms with Gasteiger partial charge in [0.25, 0.3) is 5.91 Å². The molecule has 1 N–H and O–H groups in total. The van der Waals surface area contributed by atoms with Gasteiger partial charge in [0.15, 0.2) is 6.39 Å². The van der Waals surface area contributed by atoms with Gasteiger partial charge < -0.3 is 14.6 Å². The van der Waals surface area contributed by atoms with Gasteiger partial charge in [-0.25, -0.2) is 4.98 Å². The number of nitrogens with one attached hydrogen (secondary N) is 1. The number of rotatable bonds is 1. The molecular weight excluding hydrogens is 265 g/mol. The number of carbonyl (C=O) groups excluding carboxylic acids is 1. The first kappa shape index (κ1) is 16.2. The van der Waals surface area contributed by atoms with E-state index in [1.54, 1.807) is 11.8 Å². The molecule has 0 bridgehead atoms. The monoisotopic (exact) mass is 281 g/mol. The van der Waals surface area contributed by atoms with Crippen LogP contribution in [-0.4, -0.2) is 41.5 Å². The molecular formula is C10H17Cl2N3O2. The summed E-state index contributed by atoms with van der Waals surface area (Å²) in [6.07, 6.45) is 1.31. The van der Waals surface area contributed by atoms with Crippen molar-refractivity contribution in [1.29, 1.82) is 0 Å². The first-order chi connectivity index (χ1) is 7.18. The van der Waals surface area contributed by atoms with Gasteiger partial charge in [0.05, 0.1) is 5.69 Å². The molecule has 5 nitrogen and oxygen atoms in total. The number of hydrogen-bond acceptors (Lipinski definition) is 4. The summed E-state index contributed by atoms with van der Waals surface area (Å²) in [4.78, 5) is 17.7. The predicted molar refractivity (Wildman–Crippen MR) is 69.1 cm³/mol. The molecule has 0 spiro atoms. The number of aryl methyl sites for hydroxylation is 1. The summed E-state index contributed by atoms with van der Waals surface area (Å²) in [5.74, 6) is 0.308. The molecule has 1 aromatic rings. The second-order valence-corrected chi connectivity index (χ2v) is 3.87. The van der Waals surface area contributed by atoms with Gasteiger partial charge in [0.2, 0.25) is 5.76 Å². The van der Waals surface area contributed by atoms with Crippen LogP contribution in [0.25, 0.3) is 0 Å². The number of nitrogens with zero attached hydrogens (tertiary/aromatic N) is 2. The van der Waals surface area contributed by atoms with Crippen LogP contribution >= 0.6 is 24.8 Å². The van der Waals surface area contributed by atoms with E-state index in [4.69, 9.17) is 4.42 Å². The molecule has 0 unspecified atom stereocenters. The van der Waals surface area contributed by atoms with Crippen LogP contribution in [0.5, 0.6) is 0 Å². The minimum Gasteiger partial charge on any atom is -0.438 e. The van der Waals surface area contributed by atoms with Gasteiger partial charge in [-0.15, -0.1) is 24.8 Å². The summed E-state index contributed by atoms with van der Waals surface area (Å²) in [5, 5.41) is 3.29. The summed E-state index contributed by atoms with van der Waals surface area (Å²) in [6.45, 7) is 6.12. The third-order valence-corrected chi connectivity index (χ3v) is 2.60. The van der Waals surface area contributed by atoms with Crippen molar-refractivity contribution >= 4 is 30.7 Å². The Morgan fingerprint density at radius 2 is 2.29 bits per heavy atom. The topological polar surface area (TPSA) is 58.4 Å². The summed E-state index contributed by atoms with van der Waals surface area (Å²) >= 11 is 0. The van der Waals surface area contributed by atoms with Gasteiger partial charge in [-0.05, 0) is 13.8 Å². The Kier molecular flexibility index (Phi) is 6.52. The standard InChI is InChI=1S/C10H15N3O2.2ClH/c1-7-5-13(4-3-11-7)10(14)9-8(2)12-6-15-9;;/h6-7,11H,3-5H2,1-2H3;2*1H/t7-;;/m0../s1. The first-order valence-corrected chi connectivity index (χ1v) is 5.11. The van der Waals surface area contributed by atoms with Crippen LogP contribution in [0.2, 0.25) is 0 Å². The molecule has 1 amide bonds. The van der Waals surface area contributed by atoms with Crippen LogP contribution < -0.4 is 5.32 Å². The van der Waals surface area contributed by atoms with Crippen LogP contribution in [0.1, 0.15) is 23.2 Å². The van der Waals surface area contributed by atoms with Crippen LogP contribution in [0.4, 0.5) is 0 Å². The zero-order chi connectivity index (χ0) is 10.8. The predicted octanol–water partition coefficient (Wildman–Crippen LogP) is 1.26. The van der Waals surface area contributed by atoms with Crippen molar-refractivity contribution < 1.29 is 9.21 Å². The number of aromatic nitrogens is 1. The number of halogens is 2. The van der Waals surface area contributed by atoms with Crippen molar-refractivity contribution in [3.8, 4) is 0 Å². The number of hydrogen-bond donors (Lipinski definition) is 1. The molecule has 2 rings (SSSR count).